The lowest BCUT2D eigenvalue weighted by atomic mass is 10.0. The van der Waals surface area contributed by atoms with E-state index >= 15 is 0 Å². The smallest absolute Gasteiger partial charge is 0.248 e. The molecule has 0 saturated heterocycles. The predicted molar refractivity (Wildman–Crippen MR) is 66.8 cm³/mol. The van der Waals surface area contributed by atoms with E-state index < -0.39 is 0 Å². The minimum absolute atomic E-state index is 0.186. The predicted octanol–water partition coefficient (Wildman–Crippen LogP) is 1.72. The number of hydrogen-bond acceptors (Lipinski definition) is 2. The van der Waals surface area contributed by atoms with Crippen molar-refractivity contribution in [1.29, 1.82) is 0 Å². The molecule has 0 unspecified atom stereocenters. The molecule has 92 valence electrons. The van der Waals surface area contributed by atoms with Crippen LogP contribution < -0.4 is 5.32 Å². The van der Waals surface area contributed by atoms with Gasteiger partial charge in [0, 0.05) is 24.5 Å². The van der Waals surface area contributed by atoms with Crippen LogP contribution in [0.5, 0.6) is 0 Å². The summed E-state index contributed by atoms with van der Waals surface area (Å²) in [5.41, 5.74) is 2.56. The van der Waals surface area contributed by atoms with Crippen LogP contribution in [0.1, 0.15) is 26.7 Å². The maximum absolute atomic E-state index is 11.4. The van der Waals surface area contributed by atoms with E-state index in [-0.39, 0.29) is 5.91 Å². The Balaban J connectivity index is 2.90. The van der Waals surface area contributed by atoms with Crippen molar-refractivity contribution in [3.05, 3.63) is 35.2 Å². The molecule has 4 nitrogen and oxygen atoms in total. The van der Waals surface area contributed by atoms with Crippen molar-refractivity contribution < 1.29 is 9.59 Å². The molecule has 17 heavy (non-hydrogen) atoms. The fraction of sp³-hybridized carbons (Fsp3) is 0.385. The van der Waals surface area contributed by atoms with Crippen LogP contribution in [0.3, 0.4) is 0 Å². The van der Waals surface area contributed by atoms with E-state index in [1.807, 2.05) is 19.1 Å². The molecule has 0 bridgehead atoms. The second-order valence-electron chi connectivity index (χ2n) is 4.06. The molecule has 0 spiro atoms. The first-order valence-electron chi connectivity index (χ1n) is 5.60. The molecule has 0 fully saturated rings. The van der Waals surface area contributed by atoms with E-state index in [1.165, 1.54) is 10.5 Å². The van der Waals surface area contributed by atoms with Crippen LogP contribution in [-0.4, -0.2) is 24.3 Å². The molecule has 0 aromatic heterocycles. The average Bonchev–Trinajstić information content (AvgIpc) is 2.34. The standard InChI is InChI=1S/C13H18N2O2/c1-10-5-4-6-12(7-10)15(9-16)8-11(2)13(17)14-3/h6-9H,4-5H2,1-3H3,(H,14,17)/b11-8-. The van der Waals surface area contributed by atoms with Gasteiger partial charge in [0.05, 0.1) is 0 Å². The molecule has 0 aromatic carbocycles. The Hall–Kier alpha value is -1.84. The SMILES string of the molecule is CNC(=O)/C(C)=C\N(C=O)C1=CCCC(C)=C1. The zero-order chi connectivity index (χ0) is 12.8. The number of likely N-dealkylation sites (N-methyl/N-ethyl adjacent to an activating group) is 1. The third-order valence-electron chi connectivity index (χ3n) is 2.62. The van der Waals surface area contributed by atoms with Crippen molar-refractivity contribution >= 4 is 12.3 Å². The second kappa shape index (κ2) is 6.03. The summed E-state index contributed by atoms with van der Waals surface area (Å²) in [5.74, 6) is -0.186. The molecule has 0 aromatic rings. The number of nitrogens with zero attached hydrogens (tertiary/aromatic N) is 1. The molecule has 0 aliphatic heterocycles. The fourth-order valence-corrected chi connectivity index (χ4v) is 1.64. The molecule has 2 amide bonds. The quantitative estimate of drug-likeness (QED) is 0.594. The van der Waals surface area contributed by atoms with Crippen LogP contribution in [0.25, 0.3) is 0 Å². The van der Waals surface area contributed by atoms with Gasteiger partial charge >= 0.3 is 0 Å². The van der Waals surface area contributed by atoms with Gasteiger partial charge in [0.1, 0.15) is 0 Å². The van der Waals surface area contributed by atoms with Crippen LogP contribution in [0, 0.1) is 0 Å². The van der Waals surface area contributed by atoms with E-state index in [4.69, 9.17) is 0 Å². The van der Waals surface area contributed by atoms with Gasteiger partial charge in [0.15, 0.2) is 0 Å². The van der Waals surface area contributed by atoms with Gasteiger partial charge in [-0.25, -0.2) is 0 Å². The van der Waals surface area contributed by atoms with Crippen molar-refractivity contribution in [3.8, 4) is 0 Å². The summed E-state index contributed by atoms with van der Waals surface area (Å²) in [6.45, 7) is 3.71. The van der Waals surface area contributed by atoms with Gasteiger partial charge < -0.3 is 5.32 Å². The molecule has 0 atom stereocenters. The van der Waals surface area contributed by atoms with Gasteiger partial charge in [0.25, 0.3) is 0 Å². The maximum Gasteiger partial charge on any atom is 0.248 e. The van der Waals surface area contributed by atoms with Gasteiger partial charge in [0.2, 0.25) is 12.3 Å². The lowest BCUT2D eigenvalue weighted by Gasteiger charge is -2.19. The summed E-state index contributed by atoms with van der Waals surface area (Å²) in [7, 11) is 1.56. The highest BCUT2D eigenvalue weighted by molar-refractivity contribution is 5.92. The number of nitrogens with one attached hydrogen (secondary N) is 1. The Morgan fingerprint density at radius 3 is 2.76 bits per heavy atom. The Kier molecular flexibility index (Phi) is 4.69. The van der Waals surface area contributed by atoms with Gasteiger partial charge in [-0.2, -0.15) is 0 Å². The van der Waals surface area contributed by atoms with Crippen LogP contribution in [0.15, 0.2) is 35.2 Å². The molecule has 4 heteroatoms. The molecule has 1 aliphatic carbocycles. The first-order valence-corrected chi connectivity index (χ1v) is 5.60. The van der Waals surface area contributed by atoms with Crippen molar-refractivity contribution in [1.82, 2.24) is 10.2 Å². The van der Waals surface area contributed by atoms with E-state index in [0.717, 1.165) is 18.5 Å². The molecule has 0 heterocycles. The number of hydrogen-bond donors (Lipinski definition) is 1. The van der Waals surface area contributed by atoms with Gasteiger partial charge in [-0.15, -0.1) is 0 Å². The molecule has 1 rings (SSSR count). The van der Waals surface area contributed by atoms with E-state index in [0.29, 0.717) is 12.0 Å². The van der Waals surface area contributed by atoms with Gasteiger partial charge in [-0.05, 0) is 32.8 Å². The van der Waals surface area contributed by atoms with Gasteiger partial charge in [-0.3, -0.25) is 14.5 Å². The number of carbonyl (C=O) groups is 2. The second-order valence-corrected chi connectivity index (χ2v) is 4.06. The molecule has 0 radical (unpaired) electrons. The number of allylic oxidation sites excluding steroid dienone is 3. The fourth-order valence-electron chi connectivity index (χ4n) is 1.64. The molecule has 1 aliphatic rings. The Morgan fingerprint density at radius 1 is 1.53 bits per heavy atom. The first-order chi connectivity index (χ1) is 8.08. The number of carbonyl (C=O) groups excluding carboxylic acids is 2. The van der Waals surface area contributed by atoms with E-state index in [2.05, 4.69) is 5.32 Å². The highest BCUT2D eigenvalue weighted by Crippen LogP contribution is 2.19. The van der Waals surface area contributed by atoms with Crippen molar-refractivity contribution in [2.75, 3.05) is 7.05 Å². The van der Waals surface area contributed by atoms with E-state index in [1.54, 1.807) is 20.2 Å². The normalized spacial score (nSPS) is 15.8. The lowest BCUT2D eigenvalue weighted by molar-refractivity contribution is -0.117. The number of amides is 2. The summed E-state index contributed by atoms with van der Waals surface area (Å²) in [6, 6.07) is 0. The minimum atomic E-state index is -0.186. The van der Waals surface area contributed by atoms with Crippen LogP contribution in [-0.2, 0) is 9.59 Å². The molecular weight excluding hydrogens is 216 g/mol. The average molecular weight is 234 g/mol. The summed E-state index contributed by atoms with van der Waals surface area (Å²) in [6.07, 6.45) is 8.17. The van der Waals surface area contributed by atoms with Crippen LogP contribution in [0.2, 0.25) is 0 Å². The third kappa shape index (κ3) is 3.59. The molecular formula is C13H18N2O2. The summed E-state index contributed by atoms with van der Waals surface area (Å²) >= 11 is 0. The topological polar surface area (TPSA) is 49.4 Å². The Bertz CT molecular complexity index is 406. The summed E-state index contributed by atoms with van der Waals surface area (Å²) in [4.78, 5) is 23.8. The highest BCUT2D eigenvalue weighted by atomic mass is 16.2. The van der Waals surface area contributed by atoms with Crippen LogP contribution >= 0.6 is 0 Å². The minimum Gasteiger partial charge on any atom is -0.355 e. The zero-order valence-corrected chi connectivity index (χ0v) is 10.5. The highest BCUT2D eigenvalue weighted by Gasteiger charge is 2.10. The maximum atomic E-state index is 11.4. The van der Waals surface area contributed by atoms with Gasteiger partial charge in [-0.1, -0.05) is 11.6 Å². The molecule has 0 saturated carbocycles. The third-order valence-corrected chi connectivity index (χ3v) is 2.62. The number of rotatable bonds is 4. The molecule has 1 N–H and O–H groups in total. The zero-order valence-electron chi connectivity index (χ0n) is 10.5. The Morgan fingerprint density at radius 2 is 2.24 bits per heavy atom. The monoisotopic (exact) mass is 234 g/mol. The van der Waals surface area contributed by atoms with E-state index in [9.17, 15) is 9.59 Å². The van der Waals surface area contributed by atoms with Crippen molar-refractivity contribution in [2.45, 2.75) is 26.7 Å². The van der Waals surface area contributed by atoms with Crippen LogP contribution in [0.4, 0.5) is 0 Å². The van der Waals surface area contributed by atoms with Crippen molar-refractivity contribution in [3.63, 3.8) is 0 Å². The largest absolute Gasteiger partial charge is 0.355 e. The summed E-state index contributed by atoms with van der Waals surface area (Å²) in [5, 5.41) is 2.52. The Labute approximate surface area is 102 Å². The van der Waals surface area contributed by atoms with Crippen molar-refractivity contribution in [2.24, 2.45) is 0 Å². The first kappa shape index (κ1) is 13.2. The summed E-state index contributed by atoms with van der Waals surface area (Å²) < 4.78 is 0. The lowest BCUT2D eigenvalue weighted by Crippen LogP contribution is -2.22.